The maximum Gasteiger partial charge on any atom is 0.254 e. The summed E-state index contributed by atoms with van der Waals surface area (Å²) in [6.07, 6.45) is 3.36. The number of nitrogens with two attached hydrogens (primary N) is 1. The third-order valence-electron chi connectivity index (χ3n) is 3.11. The molecule has 0 bridgehead atoms. The van der Waals surface area contributed by atoms with E-state index in [0.29, 0.717) is 18.5 Å². The van der Waals surface area contributed by atoms with Gasteiger partial charge in [0.05, 0.1) is 11.3 Å². The van der Waals surface area contributed by atoms with Gasteiger partial charge in [0.1, 0.15) is 11.6 Å². The summed E-state index contributed by atoms with van der Waals surface area (Å²) in [5.74, 6) is -1.79. The van der Waals surface area contributed by atoms with E-state index >= 15 is 0 Å². The summed E-state index contributed by atoms with van der Waals surface area (Å²) < 4.78 is 26.2. The molecule has 3 nitrogen and oxygen atoms in total. The van der Waals surface area contributed by atoms with Crippen molar-refractivity contribution in [2.45, 2.75) is 19.3 Å². The lowest BCUT2D eigenvalue weighted by Gasteiger charge is -2.25. The molecule has 1 aromatic carbocycles. The van der Waals surface area contributed by atoms with Crippen LogP contribution >= 0.6 is 0 Å². The molecule has 2 rings (SSSR count). The predicted octanol–water partition coefficient (Wildman–Crippen LogP) is 2.08. The van der Waals surface area contributed by atoms with Gasteiger partial charge in [-0.05, 0) is 24.8 Å². The molecule has 0 unspecified atom stereocenters. The first-order valence-corrected chi connectivity index (χ1v) is 5.60. The number of carbonyl (C=O) groups excluding carboxylic acids is 1. The van der Waals surface area contributed by atoms with Gasteiger partial charge in [0.2, 0.25) is 0 Å². The summed E-state index contributed by atoms with van der Waals surface area (Å²) in [6, 6.07) is 1.66. The molecule has 0 radical (unpaired) electrons. The highest BCUT2D eigenvalue weighted by Gasteiger charge is 2.20. The minimum absolute atomic E-state index is 0.205. The zero-order valence-electron chi connectivity index (χ0n) is 9.30. The molecular formula is C12H14F2N2O. The van der Waals surface area contributed by atoms with Gasteiger partial charge in [0.25, 0.3) is 5.91 Å². The molecule has 5 heteroatoms. The summed E-state index contributed by atoms with van der Waals surface area (Å²) in [6.45, 7) is 0.537. The zero-order chi connectivity index (χ0) is 12.4. The fourth-order valence-corrected chi connectivity index (χ4v) is 1.77. The number of rotatable bonds is 3. The van der Waals surface area contributed by atoms with Crippen molar-refractivity contribution in [3.8, 4) is 0 Å². The van der Waals surface area contributed by atoms with E-state index in [2.05, 4.69) is 5.32 Å². The lowest BCUT2D eigenvalue weighted by atomic mass is 9.85. The van der Waals surface area contributed by atoms with Crippen molar-refractivity contribution < 1.29 is 13.6 Å². The second-order valence-electron chi connectivity index (χ2n) is 4.36. The van der Waals surface area contributed by atoms with Gasteiger partial charge in [-0.1, -0.05) is 6.42 Å². The number of benzene rings is 1. The molecule has 3 N–H and O–H groups in total. The van der Waals surface area contributed by atoms with Crippen molar-refractivity contribution >= 4 is 11.6 Å². The van der Waals surface area contributed by atoms with Gasteiger partial charge >= 0.3 is 0 Å². The van der Waals surface area contributed by atoms with Crippen LogP contribution in [-0.4, -0.2) is 12.5 Å². The van der Waals surface area contributed by atoms with Crippen LogP contribution in [0, 0.1) is 17.6 Å². The summed E-state index contributed by atoms with van der Waals surface area (Å²) in [5, 5.41) is 2.63. The van der Waals surface area contributed by atoms with E-state index in [1.165, 1.54) is 6.42 Å². The molecular weight excluding hydrogens is 226 g/mol. The fraction of sp³-hybridized carbons (Fsp3) is 0.417. The molecule has 0 spiro atoms. The Morgan fingerprint density at radius 3 is 2.65 bits per heavy atom. The molecule has 17 heavy (non-hydrogen) atoms. The number of hydrogen-bond acceptors (Lipinski definition) is 2. The van der Waals surface area contributed by atoms with Gasteiger partial charge in [0.15, 0.2) is 0 Å². The average molecular weight is 240 g/mol. The van der Waals surface area contributed by atoms with Crippen LogP contribution in [0.25, 0.3) is 0 Å². The van der Waals surface area contributed by atoms with Gasteiger partial charge in [0, 0.05) is 12.6 Å². The summed E-state index contributed by atoms with van der Waals surface area (Å²) in [4.78, 5) is 11.6. The molecule has 1 fully saturated rings. The predicted molar refractivity (Wildman–Crippen MR) is 60.4 cm³/mol. The lowest BCUT2D eigenvalue weighted by Crippen LogP contribution is -2.32. The van der Waals surface area contributed by atoms with Crippen LogP contribution in [-0.2, 0) is 0 Å². The minimum atomic E-state index is -0.886. The number of halogens is 2. The van der Waals surface area contributed by atoms with Crippen LogP contribution in [0.2, 0.25) is 0 Å². The van der Waals surface area contributed by atoms with E-state index in [0.717, 1.165) is 18.9 Å². The Morgan fingerprint density at radius 2 is 2.06 bits per heavy atom. The van der Waals surface area contributed by atoms with Gasteiger partial charge < -0.3 is 11.1 Å². The largest absolute Gasteiger partial charge is 0.396 e. The number of hydrogen-bond donors (Lipinski definition) is 2. The van der Waals surface area contributed by atoms with Crippen molar-refractivity contribution in [2.24, 2.45) is 5.92 Å². The van der Waals surface area contributed by atoms with Crippen LogP contribution in [0.4, 0.5) is 14.5 Å². The molecule has 0 saturated heterocycles. The second-order valence-corrected chi connectivity index (χ2v) is 4.36. The number of amides is 1. The first-order chi connectivity index (χ1) is 8.08. The van der Waals surface area contributed by atoms with E-state index in [9.17, 15) is 13.6 Å². The Labute approximate surface area is 98.0 Å². The number of nitrogen functional groups attached to an aromatic ring is 1. The van der Waals surface area contributed by atoms with Crippen molar-refractivity contribution in [3.05, 3.63) is 29.3 Å². The Morgan fingerprint density at radius 1 is 1.35 bits per heavy atom. The maximum atomic E-state index is 13.3. The molecule has 0 aromatic heterocycles. The van der Waals surface area contributed by atoms with E-state index in [1.54, 1.807) is 0 Å². The van der Waals surface area contributed by atoms with Crippen LogP contribution in [0.3, 0.4) is 0 Å². The molecule has 1 aliphatic rings. The highest BCUT2D eigenvalue weighted by atomic mass is 19.1. The van der Waals surface area contributed by atoms with Gasteiger partial charge in [-0.25, -0.2) is 8.78 Å². The minimum Gasteiger partial charge on any atom is -0.396 e. The van der Waals surface area contributed by atoms with Crippen LogP contribution < -0.4 is 11.1 Å². The summed E-state index contributed by atoms with van der Waals surface area (Å²) >= 11 is 0. The van der Waals surface area contributed by atoms with E-state index in [4.69, 9.17) is 5.73 Å². The number of anilines is 1. The maximum absolute atomic E-state index is 13.3. The lowest BCUT2D eigenvalue weighted by molar-refractivity contribution is 0.0935. The van der Waals surface area contributed by atoms with Crippen LogP contribution in [0.1, 0.15) is 29.6 Å². The smallest absolute Gasteiger partial charge is 0.254 e. The topological polar surface area (TPSA) is 55.1 Å². The van der Waals surface area contributed by atoms with Crippen LogP contribution in [0.15, 0.2) is 12.1 Å². The summed E-state index contributed by atoms with van der Waals surface area (Å²) in [5.41, 5.74) is 4.87. The molecule has 1 saturated carbocycles. The van der Waals surface area contributed by atoms with Gasteiger partial charge in [-0.3, -0.25) is 4.79 Å². The molecule has 0 heterocycles. The Hall–Kier alpha value is -1.65. The second kappa shape index (κ2) is 4.69. The van der Waals surface area contributed by atoms with Crippen molar-refractivity contribution in [1.82, 2.24) is 5.32 Å². The fourth-order valence-electron chi connectivity index (χ4n) is 1.77. The van der Waals surface area contributed by atoms with Crippen molar-refractivity contribution in [2.75, 3.05) is 12.3 Å². The first-order valence-electron chi connectivity index (χ1n) is 5.60. The Kier molecular flexibility index (Phi) is 3.26. The number of nitrogens with one attached hydrogen (secondary N) is 1. The monoisotopic (exact) mass is 240 g/mol. The SMILES string of the molecule is Nc1cc(C(=O)NCC2CCC2)c(F)cc1F. The average Bonchev–Trinajstić information content (AvgIpc) is 2.21. The van der Waals surface area contributed by atoms with E-state index < -0.39 is 17.5 Å². The molecule has 1 aromatic rings. The Balaban J connectivity index is 2.04. The third-order valence-corrected chi connectivity index (χ3v) is 3.11. The summed E-state index contributed by atoms with van der Waals surface area (Å²) in [7, 11) is 0. The highest BCUT2D eigenvalue weighted by Crippen LogP contribution is 2.25. The van der Waals surface area contributed by atoms with Gasteiger partial charge in [-0.2, -0.15) is 0 Å². The Bertz CT molecular complexity index is 444. The standard InChI is InChI=1S/C12H14F2N2O/c13-9-5-10(14)11(15)4-8(9)12(17)16-6-7-2-1-3-7/h4-5,7H,1-3,6,15H2,(H,16,17). The third kappa shape index (κ3) is 2.54. The quantitative estimate of drug-likeness (QED) is 0.795. The molecule has 0 aliphatic heterocycles. The van der Waals surface area contributed by atoms with Crippen molar-refractivity contribution in [1.29, 1.82) is 0 Å². The molecule has 1 amide bonds. The zero-order valence-corrected chi connectivity index (χ0v) is 9.30. The highest BCUT2D eigenvalue weighted by molar-refractivity contribution is 5.95. The van der Waals surface area contributed by atoms with Crippen LogP contribution in [0.5, 0.6) is 0 Å². The molecule has 0 atom stereocenters. The number of carbonyl (C=O) groups is 1. The van der Waals surface area contributed by atoms with Crippen molar-refractivity contribution in [3.63, 3.8) is 0 Å². The van der Waals surface area contributed by atoms with E-state index in [-0.39, 0.29) is 11.3 Å². The first kappa shape index (κ1) is 11.8. The molecule has 1 aliphatic carbocycles. The van der Waals surface area contributed by atoms with E-state index in [1.807, 2.05) is 0 Å². The molecule has 92 valence electrons. The normalized spacial score (nSPS) is 15.4. The van der Waals surface area contributed by atoms with Gasteiger partial charge in [-0.15, -0.1) is 0 Å².